The number of thioether (sulfide) groups is 2. The fraction of sp³-hybridized carbons (Fsp3) is 0.529. The van der Waals surface area contributed by atoms with Gasteiger partial charge in [-0.2, -0.15) is 0 Å². The number of hydrogen-bond donors (Lipinski definition) is 0. The van der Waals surface area contributed by atoms with Crippen molar-refractivity contribution in [3.05, 3.63) is 10.4 Å². The van der Waals surface area contributed by atoms with Crippen molar-refractivity contribution >= 4 is 56.5 Å². The largest absolute Gasteiger partial charge is 0.245 e. The maximum Gasteiger partial charge on any atom is 0.245 e. The lowest BCUT2D eigenvalue weighted by atomic mass is 9.89. The monoisotopic (exact) mass is 404 g/mol. The number of hydrogen-bond acceptors (Lipinski definition) is 7. The van der Waals surface area contributed by atoms with Crippen LogP contribution < -0.4 is 0 Å². The standard InChI is InChI=1S/C17H20N6S3/c1-4-24-16-20-18-13-12-10-7-6-9(3)8-11(10)26-14(12)23-15(22(13)16)19-21-17(23)25-5-2/h9H,4-8H2,1-3H3/t9-/m0/s1. The van der Waals surface area contributed by atoms with Gasteiger partial charge in [-0.1, -0.05) is 44.3 Å². The molecule has 0 spiro atoms. The summed E-state index contributed by atoms with van der Waals surface area (Å²) in [5, 5.41) is 21.2. The Hall–Kier alpha value is -1.32. The Labute approximate surface area is 163 Å². The Bertz CT molecular complexity index is 1120. The van der Waals surface area contributed by atoms with Gasteiger partial charge in [-0.25, -0.2) is 8.80 Å². The molecule has 0 saturated carbocycles. The molecule has 9 heteroatoms. The number of fused-ring (bicyclic) bond motifs is 8. The predicted octanol–water partition coefficient (Wildman–Crippen LogP) is 4.34. The van der Waals surface area contributed by atoms with Gasteiger partial charge in [0.25, 0.3) is 0 Å². The molecule has 0 saturated heterocycles. The van der Waals surface area contributed by atoms with Gasteiger partial charge in [-0.15, -0.1) is 31.7 Å². The van der Waals surface area contributed by atoms with Crippen molar-refractivity contribution in [1.29, 1.82) is 0 Å². The van der Waals surface area contributed by atoms with Crippen LogP contribution in [0.3, 0.4) is 0 Å². The normalized spacial score (nSPS) is 17.6. The molecule has 0 radical (unpaired) electrons. The number of nitrogens with zero attached hydrogens (tertiary/aromatic N) is 6. The van der Waals surface area contributed by atoms with E-state index in [2.05, 4.69) is 50.0 Å². The summed E-state index contributed by atoms with van der Waals surface area (Å²) in [6.45, 7) is 6.64. The van der Waals surface area contributed by atoms with E-state index in [1.165, 1.54) is 27.1 Å². The van der Waals surface area contributed by atoms with Gasteiger partial charge in [0, 0.05) is 4.88 Å². The van der Waals surface area contributed by atoms with Crippen LogP contribution in [0.2, 0.25) is 0 Å². The van der Waals surface area contributed by atoms with Gasteiger partial charge >= 0.3 is 0 Å². The van der Waals surface area contributed by atoms with Crippen molar-refractivity contribution in [3.63, 3.8) is 0 Å². The van der Waals surface area contributed by atoms with Crippen LogP contribution in [0.15, 0.2) is 10.3 Å². The predicted molar refractivity (Wildman–Crippen MR) is 109 cm³/mol. The van der Waals surface area contributed by atoms with Gasteiger partial charge < -0.3 is 0 Å². The van der Waals surface area contributed by atoms with Gasteiger partial charge in [0.15, 0.2) is 16.0 Å². The smallest absolute Gasteiger partial charge is 0.245 e. The van der Waals surface area contributed by atoms with Crippen molar-refractivity contribution in [3.8, 4) is 0 Å². The molecule has 0 amide bonds. The van der Waals surface area contributed by atoms with E-state index in [9.17, 15) is 0 Å². The molecule has 1 atom stereocenters. The van der Waals surface area contributed by atoms with E-state index in [0.29, 0.717) is 0 Å². The molecule has 0 fully saturated rings. The van der Waals surface area contributed by atoms with Crippen molar-refractivity contribution in [2.24, 2.45) is 5.92 Å². The maximum atomic E-state index is 4.58. The summed E-state index contributed by atoms with van der Waals surface area (Å²) in [7, 11) is 0. The minimum atomic E-state index is 0.747. The van der Waals surface area contributed by atoms with Gasteiger partial charge in [-0.05, 0) is 42.2 Å². The van der Waals surface area contributed by atoms with E-state index < -0.39 is 0 Å². The minimum Gasteiger partial charge on any atom is -0.245 e. The van der Waals surface area contributed by atoms with E-state index in [1.807, 2.05) is 11.3 Å². The SMILES string of the molecule is CCSc1nnc2c3c4c(sc3n3c(SCC)nnc3n12)C[C@@H](C)CC4. The lowest BCUT2D eigenvalue weighted by Crippen LogP contribution is -2.08. The molecule has 0 bridgehead atoms. The highest BCUT2D eigenvalue weighted by Gasteiger charge is 2.27. The Morgan fingerprint density at radius 1 is 1.04 bits per heavy atom. The van der Waals surface area contributed by atoms with Crippen LogP contribution in [0.4, 0.5) is 0 Å². The summed E-state index contributed by atoms with van der Waals surface area (Å²) in [6.07, 6.45) is 3.52. The first-order chi connectivity index (χ1) is 12.7. The third-order valence-electron chi connectivity index (χ3n) is 4.92. The van der Waals surface area contributed by atoms with Gasteiger partial charge in [0.2, 0.25) is 5.78 Å². The molecule has 6 nitrogen and oxygen atoms in total. The van der Waals surface area contributed by atoms with Crippen molar-refractivity contribution in [2.45, 2.75) is 50.3 Å². The summed E-state index contributed by atoms with van der Waals surface area (Å²) in [4.78, 5) is 2.73. The highest BCUT2D eigenvalue weighted by Crippen LogP contribution is 2.41. The average Bonchev–Trinajstić information content (AvgIpc) is 3.30. The number of thiophene rings is 1. The first-order valence-corrected chi connectivity index (χ1v) is 11.8. The Morgan fingerprint density at radius 2 is 1.77 bits per heavy atom. The Morgan fingerprint density at radius 3 is 2.54 bits per heavy atom. The van der Waals surface area contributed by atoms with Crippen LogP contribution in [-0.2, 0) is 12.8 Å². The van der Waals surface area contributed by atoms with Crippen LogP contribution in [-0.4, -0.2) is 40.7 Å². The van der Waals surface area contributed by atoms with Gasteiger partial charge in [-0.3, -0.25) is 0 Å². The first kappa shape index (κ1) is 16.8. The fourth-order valence-electron chi connectivity index (χ4n) is 3.77. The van der Waals surface area contributed by atoms with Gasteiger partial charge in [0.05, 0.1) is 5.39 Å². The van der Waals surface area contributed by atoms with Gasteiger partial charge in [0.1, 0.15) is 4.83 Å². The molecule has 1 aliphatic carbocycles. The summed E-state index contributed by atoms with van der Waals surface area (Å²) in [5.74, 6) is 3.50. The lowest BCUT2D eigenvalue weighted by molar-refractivity contribution is 0.509. The van der Waals surface area contributed by atoms with E-state index in [0.717, 1.165) is 52.0 Å². The van der Waals surface area contributed by atoms with Crippen molar-refractivity contribution in [2.75, 3.05) is 11.5 Å². The van der Waals surface area contributed by atoms with Crippen LogP contribution in [0.1, 0.15) is 37.6 Å². The first-order valence-electron chi connectivity index (χ1n) is 9.05. The highest BCUT2D eigenvalue weighted by molar-refractivity contribution is 7.99. The minimum absolute atomic E-state index is 0.747. The third kappa shape index (κ3) is 2.33. The summed E-state index contributed by atoms with van der Waals surface area (Å²) >= 11 is 5.34. The maximum absolute atomic E-state index is 4.58. The second-order valence-corrected chi connectivity index (χ2v) is 10.2. The second-order valence-electron chi connectivity index (χ2n) is 6.66. The van der Waals surface area contributed by atoms with Crippen molar-refractivity contribution in [1.82, 2.24) is 29.2 Å². The Kier molecular flexibility index (Phi) is 4.13. The lowest BCUT2D eigenvalue weighted by Gasteiger charge is -2.17. The van der Waals surface area contributed by atoms with E-state index >= 15 is 0 Å². The van der Waals surface area contributed by atoms with Crippen LogP contribution in [0.5, 0.6) is 0 Å². The molecule has 5 rings (SSSR count). The molecule has 26 heavy (non-hydrogen) atoms. The number of aromatic nitrogens is 6. The van der Waals surface area contributed by atoms with Crippen LogP contribution in [0, 0.1) is 5.92 Å². The highest BCUT2D eigenvalue weighted by atomic mass is 32.2. The molecule has 0 unspecified atom stereocenters. The van der Waals surface area contributed by atoms with Crippen LogP contribution >= 0.6 is 34.9 Å². The molecule has 4 heterocycles. The second kappa shape index (κ2) is 6.38. The number of rotatable bonds is 4. The molecule has 0 aliphatic heterocycles. The quantitative estimate of drug-likeness (QED) is 0.472. The molecule has 0 aromatic carbocycles. The average molecular weight is 405 g/mol. The molecule has 4 aromatic rings. The zero-order valence-corrected chi connectivity index (χ0v) is 17.5. The molecule has 4 aromatic heterocycles. The topological polar surface area (TPSA) is 60.4 Å². The molecule has 1 aliphatic rings. The zero-order chi connectivity index (χ0) is 17.8. The van der Waals surface area contributed by atoms with Crippen LogP contribution in [0.25, 0.3) is 21.6 Å². The molecule has 0 N–H and O–H groups in total. The summed E-state index contributed by atoms with van der Waals surface area (Å²) < 4.78 is 4.33. The Balaban J connectivity index is 1.95. The van der Waals surface area contributed by atoms with E-state index in [4.69, 9.17) is 0 Å². The fourth-order valence-corrected chi connectivity index (χ4v) is 6.64. The summed E-state index contributed by atoms with van der Waals surface area (Å²) in [6, 6.07) is 0. The number of aryl methyl sites for hydroxylation is 1. The molecular weight excluding hydrogens is 384 g/mol. The molecule has 136 valence electrons. The summed E-state index contributed by atoms with van der Waals surface area (Å²) in [5.41, 5.74) is 2.41. The third-order valence-corrected chi connectivity index (χ3v) is 7.78. The van der Waals surface area contributed by atoms with E-state index in [-0.39, 0.29) is 0 Å². The molecular formula is C17H20N6S3. The van der Waals surface area contributed by atoms with Crippen molar-refractivity contribution < 1.29 is 0 Å². The zero-order valence-electron chi connectivity index (χ0n) is 15.0. The van der Waals surface area contributed by atoms with E-state index in [1.54, 1.807) is 23.5 Å².